The Balaban J connectivity index is 1.62. The Morgan fingerprint density at radius 2 is 1.86 bits per heavy atom. The first kappa shape index (κ1) is 20.4. The molecule has 0 spiro atoms. The summed E-state index contributed by atoms with van der Waals surface area (Å²) in [6.07, 6.45) is 3.50. The normalized spacial score (nSPS) is 11.5. The minimum absolute atomic E-state index is 0.0282. The molecule has 150 valence electrons. The van der Waals surface area contributed by atoms with Gasteiger partial charge in [-0.3, -0.25) is 4.79 Å². The third-order valence-corrected chi connectivity index (χ3v) is 4.64. The van der Waals surface area contributed by atoms with E-state index in [4.69, 9.17) is 16.3 Å². The molecule has 0 saturated heterocycles. The quantitative estimate of drug-likeness (QED) is 0.580. The molecule has 3 rings (SSSR count). The first-order valence-corrected chi connectivity index (χ1v) is 9.39. The minimum atomic E-state index is -0.608. The Morgan fingerprint density at radius 1 is 1.14 bits per heavy atom. The number of hydrogen-bond acceptors (Lipinski definition) is 4. The lowest BCUT2D eigenvalue weighted by Crippen LogP contribution is -2.38. The number of rotatable bonds is 7. The van der Waals surface area contributed by atoms with Crippen LogP contribution in [-0.4, -0.2) is 28.9 Å². The molecule has 1 heterocycles. The maximum absolute atomic E-state index is 12.4. The topological polar surface area (TPSA) is 85.2 Å². The lowest BCUT2D eigenvalue weighted by molar-refractivity contribution is -0.141. The van der Waals surface area contributed by atoms with E-state index in [2.05, 4.69) is 15.7 Å². The molecular formula is C21H21ClN4O3. The summed E-state index contributed by atoms with van der Waals surface area (Å²) in [5.41, 5.74) is 2.41. The molecule has 0 aliphatic heterocycles. The maximum atomic E-state index is 12.4. The second-order valence-electron chi connectivity index (χ2n) is 6.31. The molecule has 29 heavy (non-hydrogen) atoms. The number of para-hydroxylation sites is 1. The molecule has 3 aromatic rings. The molecule has 0 bridgehead atoms. The van der Waals surface area contributed by atoms with Gasteiger partial charge < -0.3 is 15.4 Å². The van der Waals surface area contributed by atoms with Crippen LogP contribution in [0.2, 0.25) is 5.02 Å². The van der Waals surface area contributed by atoms with Crippen molar-refractivity contribution in [3.05, 3.63) is 83.1 Å². The number of urea groups is 1. The molecule has 2 N–H and O–H groups in total. The smallest absolute Gasteiger partial charge is 0.315 e. The molecule has 7 nitrogen and oxygen atoms in total. The van der Waals surface area contributed by atoms with E-state index < -0.39 is 18.0 Å². The molecule has 1 atom stereocenters. The fourth-order valence-electron chi connectivity index (χ4n) is 2.81. The molecule has 0 saturated carbocycles. The number of hydrogen-bond donors (Lipinski definition) is 2. The van der Waals surface area contributed by atoms with Crippen LogP contribution in [0.4, 0.5) is 4.79 Å². The molecule has 0 fully saturated rings. The third kappa shape index (κ3) is 5.58. The van der Waals surface area contributed by atoms with E-state index in [1.165, 1.54) is 7.11 Å². The van der Waals surface area contributed by atoms with Crippen LogP contribution in [0.1, 0.15) is 23.6 Å². The standard InChI is InChI=1S/C21H21ClN4O3/c1-29-20(27)11-19(17-9-5-6-10-18(17)22)25-21(28)23-12-15-13-24-26(14-15)16-7-3-2-4-8-16/h2-10,13-14,19H,11-12H2,1H3,(H2,23,25,28)/t19-/m1/s1. The van der Waals surface area contributed by atoms with Crippen molar-refractivity contribution in [3.63, 3.8) is 0 Å². The van der Waals surface area contributed by atoms with Crippen molar-refractivity contribution in [1.29, 1.82) is 0 Å². The van der Waals surface area contributed by atoms with Gasteiger partial charge in [-0.1, -0.05) is 48.0 Å². The summed E-state index contributed by atoms with van der Waals surface area (Å²) in [4.78, 5) is 24.2. The van der Waals surface area contributed by atoms with Gasteiger partial charge >= 0.3 is 12.0 Å². The van der Waals surface area contributed by atoms with Gasteiger partial charge in [0.15, 0.2) is 0 Å². The number of carbonyl (C=O) groups is 2. The Morgan fingerprint density at radius 3 is 2.59 bits per heavy atom. The van der Waals surface area contributed by atoms with Gasteiger partial charge in [-0.25, -0.2) is 9.48 Å². The zero-order valence-electron chi connectivity index (χ0n) is 15.8. The molecule has 0 aliphatic rings. The van der Waals surface area contributed by atoms with Gasteiger partial charge in [0.05, 0.1) is 31.5 Å². The van der Waals surface area contributed by atoms with Crippen LogP contribution in [0.15, 0.2) is 67.0 Å². The molecule has 2 aromatic carbocycles. The number of benzene rings is 2. The van der Waals surface area contributed by atoms with E-state index in [0.717, 1.165) is 11.3 Å². The number of methoxy groups -OCH3 is 1. The number of esters is 1. The molecule has 1 aromatic heterocycles. The molecule has 0 aliphatic carbocycles. The van der Waals surface area contributed by atoms with Crippen LogP contribution in [0.25, 0.3) is 5.69 Å². The number of aromatic nitrogens is 2. The highest BCUT2D eigenvalue weighted by molar-refractivity contribution is 6.31. The van der Waals surface area contributed by atoms with Crippen molar-refractivity contribution < 1.29 is 14.3 Å². The van der Waals surface area contributed by atoms with Gasteiger partial charge in [0.1, 0.15) is 0 Å². The van der Waals surface area contributed by atoms with Gasteiger partial charge in [0.2, 0.25) is 0 Å². The predicted molar refractivity (Wildman–Crippen MR) is 110 cm³/mol. The van der Waals surface area contributed by atoms with Crippen LogP contribution in [0, 0.1) is 0 Å². The lowest BCUT2D eigenvalue weighted by Gasteiger charge is -2.19. The van der Waals surface area contributed by atoms with E-state index in [1.54, 1.807) is 35.1 Å². The minimum Gasteiger partial charge on any atom is -0.469 e. The van der Waals surface area contributed by atoms with Crippen LogP contribution in [-0.2, 0) is 16.1 Å². The highest BCUT2D eigenvalue weighted by Crippen LogP contribution is 2.25. The monoisotopic (exact) mass is 412 g/mol. The number of halogens is 1. The van der Waals surface area contributed by atoms with E-state index in [1.807, 2.05) is 36.5 Å². The Bertz CT molecular complexity index is 975. The van der Waals surface area contributed by atoms with Gasteiger partial charge in [0, 0.05) is 23.3 Å². The van der Waals surface area contributed by atoms with Crippen LogP contribution >= 0.6 is 11.6 Å². The summed E-state index contributed by atoms with van der Waals surface area (Å²) in [6.45, 7) is 0.284. The van der Waals surface area contributed by atoms with Crippen LogP contribution in [0.3, 0.4) is 0 Å². The SMILES string of the molecule is COC(=O)C[C@@H](NC(=O)NCc1cnn(-c2ccccc2)c1)c1ccccc1Cl. The summed E-state index contributed by atoms with van der Waals surface area (Å²) in [5, 5.41) is 10.3. The second-order valence-corrected chi connectivity index (χ2v) is 6.72. The summed E-state index contributed by atoms with van der Waals surface area (Å²) in [7, 11) is 1.30. The average molecular weight is 413 g/mol. The largest absolute Gasteiger partial charge is 0.469 e. The number of ether oxygens (including phenoxy) is 1. The number of carbonyl (C=O) groups excluding carboxylic acids is 2. The van der Waals surface area contributed by atoms with Gasteiger partial charge in [0.25, 0.3) is 0 Å². The highest BCUT2D eigenvalue weighted by Gasteiger charge is 2.21. The highest BCUT2D eigenvalue weighted by atomic mass is 35.5. The molecule has 2 amide bonds. The Kier molecular flexibility index (Phi) is 6.86. The van der Waals surface area contributed by atoms with E-state index in [-0.39, 0.29) is 13.0 Å². The lowest BCUT2D eigenvalue weighted by atomic mass is 10.0. The zero-order valence-corrected chi connectivity index (χ0v) is 16.6. The third-order valence-electron chi connectivity index (χ3n) is 4.29. The van der Waals surface area contributed by atoms with E-state index in [9.17, 15) is 9.59 Å². The Hall–Kier alpha value is -3.32. The van der Waals surface area contributed by atoms with Crippen molar-refractivity contribution in [1.82, 2.24) is 20.4 Å². The van der Waals surface area contributed by atoms with E-state index >= 15 is 0 Å². The predicted octanol–water partition coefficient (Wildman–Crippen LogP) is 3.63. The summed E-state index contributed by atoms with van der Waals surface area (Å²) in [5.74, 6) is -0.445. The number of nitrogens with zero attached hydrogens (tertiary/aromatic N) is 2. The molecular weight excluding hydrogens is 392 g/mol. The van der Waals surface area contributed by atoms with E-state index in [0.29, 0.717) is 10.6 Å². The fraction of sp³-hybridized carbons (Fsp3) is 0.190. The fourth-order valence-corrected chi connectivity index (χ4v) is 3.08. The van der Waals surface area contributed by atoms with Crippen molar-refractivity contribution in [3.8, 4) is 5.69 Å². The van der Waals surface area contributed by atoms with Gasteiger partial charge in [-0.05, 0) is 23.8 Å². The van der Waals surface area contributed by atoms with Gasteiger partial charge in [-0.2, -0.15) is 5.10 Å². The Labute approximate surface area is 173 Å². The van der Waals surface area contributed by atoms with Crippen molar-refractivity contribution >= 4 is 23.6 Å². The molecule has 0 radical (unpaired) electrons. The van der Waals surface area contributed by atoms with Crippen molar-refractivity contribution in [2.45, 2.75) is 19.0 Å². The molecule has 8 heteroatoms. The van der Waals surface area contributed by atoms with Crippen LogP contribution in [0.5, 0.6) is 0 Å². The van der Waals surface area contributed by atoms with Crippen LogP contribution < -0.4 is 10.6 Å². The first-order chi connectivity index (χ1) is 14.1. The second kappa shape index (κ2) is 9.75. The summed E-state index contributed by atoms with van der Waals surface area (Å²) in [6, 6.07) is 15.7. The first-order valence-electron chi connectivity index (χ1n) is 9.01. The summed E-state index contributed by atoms with van der Waals surface area (Å²) >= 11 is 6.23. The average Bonchev–Trinajstić information content (AvgIpc) is 3.22. The zero-order chi connectivity index (χ0) is 20.6. The van der Waals surface area contributed by atoms with Gasteiger partial charge in [-0.15, -0.1) is 0 Å². The van der Waals surface area contributed by atoms with Crippen molar-refractivity contribution in [2.24, 2.45) is 0 Å². The number of amides is 2. The van der Waals surface area contributed by atoms with Crippen molar-refractivity contribution in [2.75, 3.05) is 7.11 Å². The summed E-state index contributed by atoms with van der Waals surface area (Å²) < 4.78 is 6.47. The maximum Gasteiger partial charge on any atom is 0.315 e. The number of nitrogens with one attached hydrogen (secondary N) is 2. The molecule has 0 unspecified atom stereocenters.